The van der Waals surface area contributed by atoms with Crippen LogP contribution in [0.3, 0.4) is 0 Å². The molecular formula is C25H34N2O. The van der Waals surface area contributed by atoms with Crippen LogP contribution in [0, 0.1) is 5.92 Å². The van der Waals surface area contributed by atoms with Gasteiger partial charge < -0.3 is 5.32 Å². The highest BCUT2D eigenvalue weighted by Crippen LogP contribution is 2.32. The minimum absolute atomic E-state index is 0.0813. The number of benzene rings is 2. The van der Waals surface area contributed by atoms with Gasteiger partial charge in [0.2, 0.25) is 5.91 Å². The van der Waals surface area contributed by atoms with Gasteiger partial charge in [-0.1, -0.05) is 74.5 Å². The van der Waals surface area contributed by atoms with E-state index in [1.54, 1.807) is 0 Å². The van der Waals surface area contributed by atoms with Crippen molar-refractivity contribution < 1.29 is 4.79 Å². The SMILES string of the molecule is CC(C)CC(CNC(=O)C(C)(c1ccccc1)c1ccccc1)N1CCCC1. The van der Waals surface area contributed by atoms with E-state index >= 15 is 0 Å². The molecule has 1 saturated heterocycles. The molecule has 1 amide bonds. The Morgan fingerprint density at radius 1 is 0.964 bits per heavy atom. The quantitative estimate of drug-likeness (QED) is 0.727. The van der Waals surface area contributed by atoms with Crippen LogP contribution < -0.4 is 5.32 Å². The molecule has 0 aromatic heterocycles. The Morgan fingerprint density at radius 3 is 1.93 bits per heavy atom. The van der Waals surface area contributed by atoms with Crippen molar-refractivity contribution >= 4 is 5.91 Å². The van der Waals surface area contributed by atoms with Crippen molar-refractivity contribution in [2.75, 3.05) is 19.6 Å². The summed E-state index contributed by atoms with van der Waals surface area (Å²) in [7, 11) is 0. The van der Waals surface area contributed by atoms with Crippen LogP contribution in [-0.2, 0) is 10.2 Å². The largest absolute Gasteiger partial charge is 0.353 e. The van der Waals surface area contributed by atoms with Gasteiger partial charge in [0.05, 0.1) is 5.41 Å². The van der Waals surface area contributed by atoms with E-state index in [2.05, 4.69) is 48.3 Å². The lowest BCUT2D eigenvalue weighted by molar-refractivity contribution is -0.125. The molecule has 1 atom stereocenters. The smallest absolute Gasteiger partial charge is 0.234 e. The fourth-order valence-corrected chi connectivity index (χ4v) is 4.37. The van der Waals surface area contributed by atoms with Crippen LogP contribution in [0.1, 0.15) is 51.2 Å². The summed E-state index contributed by atoms with van der Waals surface area (Å²) in [4.78, 5) is 16.1. The number of carbonyl (C=O) groups excluding carboxylic acids is 1. The number of hydrogen-bond donors (Lipinski definition) is 1. The summed E-state index contributed by atoms with van der Waals surface area (Å²) in [6.45, 7) is 9.60. The number of nitrogens with one attached hydrogen (secondary N) is 1. The normalized spacial score (nSPS) is 16.3. The molecule has 1 N–H and O–H groups in total. The zero-order valence-corrected chi connectivity index (χ0v) is 17.5. The van der Waals surface area contributed by atoms with Crippen LogP contribution in [-0.4, -0.2) is 36.5 Å². The molecule has 0 saturated carbocycles. The fourth-order valence-electron chi connectivity index (χ4n) is 4.37. The van der Waals surface area contributed by atoms with Crippen molar-refractivity contribution in [3.63, 3.8) is 0 Å². The highest BCUT2D eigenvalue weighted by atomic mass is 16.2. The highest BCUT2D eigenvalue weighted by Gasteiger charge is 2.37. The zero-order chi connectivity index (χ0) is 20.0. The summed E-state index contributed by atoms with van der Waals surface area (Å²) in [6, 6.07) is 20.7. The maximum absolute atomic E-state index is 13.5. The van der Waals surface area contributed by atoms with Crippen LogP contribution >= 0.6 is 0 Å². The molecule has 28 heavy (non-hydrogen) atoms. The summed E-state index contributed by atoms with van der Waals surface area (Å²) < 4.78 is 0. The van der Waals surface area contributed by atoms with E-state index in [1.165, 1.54) is 12.8 Å². The monoisotopic (exact) mass is 378 g/mol. The standard InChI is InChI=1S/C25H34N2O/c1-20(2)18-23(27-16-10-11-17-27)19-26-24(28)25(3,21-12-6-4-7-13-21)22-14-8-5-9-15-22/h4-9,12-15,20,23H,10-11,16-19H2,1-3H3,(H,26,28). The van der Waals surface area contributed by atoms with Crippen LogP contribution in [0.2, 0.25) is 0 Å². The summed E-state index contributed by atoms with van der Waals surface area (Å²) in [6.07, 6.45) is 3.66. The lowest BCUT2D eigenvalue weighted by atomic mass is 9.75. The van der Waals surface area contributed by atoms with Gasteiger partial charge in [-0.25, -0.2) is 0 Å². The Kier molecular flexibility index (Phi) is 6.90. The number of carbonyl (C=O) groups is 1. The van der Waals surface area contributed by atoms with Crippen molar-refractivity contribution in [2.24, 2.45) is 5.92 Å². The van der Waals surface area contributed by atoms with Gasteiger partial charge in [-0.2, -0.15) is 0 Å². The second-order valence-electron chi connectivity index (χ2n) is 8.59. The number of hydrogen-bond acceptors (Lipinski definition) is 2. The average Bonchev–Trinajstić information content (AvgIpc) is 3.26. The summed E-state index contributed by atoms with van der Waals surface area (Å²) in [5.41, 5.74) is 1.36. The van der Waals surface area contributed by atoms with Crippen LogP contribution in [0.25, 0.3) is 0 Å². The zero-order valence-electron chi connectivity index (χ0n) is 17.5. The van der Waals surface area contributed by atoms with Gasteiger partial charge in [-0.3, -0.25) is 9.69 Å². The number of rotatable bonds is 8. The van der Waals surface area contributed by atoms with Crippen LogP contribution in [0.5, 0.6) is 0 Å². The van der Waals surface area contributed by atoms with Gasteiger partial charge in [0.1, 0.15) is 0 Å². The topological polar surface area (TPSA) is 32.3 Å². The molecule has 0 radical (unpaired) electrons. The Morgan fingerprint density at radius 2 is 1.46 bits per heavy atom. The lowest BCUT2D eigenvalue weighted by Gasteiger charge is -2.33. The molecule has 3 nitrogen and oxygen atoms in total. The van der Waals surface area contributed by atoms with E-state index in [1.807, 2.05) is 43.3 Å². The average molecular weight is 379 g/mol. The highest BCUT2D eigenvalue weighted by molar-refractivity contribution is 5.91. The first-order valence-electron chi connectivity index (χ1n) is 10.6. The van der Waals surface area contributed by atoms with Gasteiger partial charge in [0, 0.05) is 12.6 Å². The molecule has 3 rings (SSSR count). The molecule has 1 aliphatic heterocycles. The third kappa shape index (κ3) is 4.64. The molecular weight excluding hydrogens is 344 g/mol. The molecule has 0 bridgehead atoms. The maximum Gasteiger partial charge on any atom is 0.234 e. The Hall–Kier alpha value is -2.13. The Balaban J connectivity index is 1.81. The third-order valence-corrected chi connectivity index (χ3v) is 6.06. The predicted molar refractivity (Wildman–Crippen MR) is 116 cm³/mol. The Labute approximate surface area is 170 Å². The molecule has 1 fully saturated rings. The number of likely N-dealkylation sites (tertiary alicyclic amines) is 1. The van der Waals surface area contributed by atoms with Crippen molar-refractivity contribution in [1.82, 2.24) is 10.2 Å². The van der Waals surface area contributed by atoms with E-state index < -0.39 is 5.41 Å². The van der Waals surface area contributed by atoms with Crippen LogP contribution in [0.4, 0.5) is 0 Å². The maximum atomic E-state index is 13.5. The molecule has 1 heterocycles. The second kappa shape index (κ2) is 9.38. The molecule has 150 valence electrons. The van der Waals surface area contributed by atoms with Gasteiger partial charge in [-0.15, -0.1) is 0 Å². The van der Waals surface area contributed by atoms with E-state index in [9.17, 15) is 4.79 Å². The molecule has 2 aromatic rings. The first-order valence-corrected chi connectivity index (χ1v) is 10.6. The van der Waals surface area contributed by atoms with Crippen molar-refractivity contribution in [1.29, 1.82) is 0 Å². The van der Waals surface area contributed by atoms with Gasteiger partial charge in [-0.05, 0) is 56.3 Å². The molecule has 1 unspecified atom stereocenters. The van der Waals surface area contributed by atoms with Crippen molar-refractivity contribution in [3.8, 4) is 0 Å². The van der Waals surface area contributed by atoms with Crippen LogP contribution in [0.15, 0.2) is 60.7 Å². The van der Waals surface area contributed by atoms with Gasteiger partial charge in [0.15, 0.2) is 0 Å². The minimum Gasteiger partial charge on any atom is -0.353 e. The fraction of sp³-hybridized carbons (Fsp3) is 0.480. The predicted octanol–water partition coefficient (Wildman–Crippen LogP) is 4.62. The summed E-state index contributed by atoms with van der Waals surface area (Å²) >= 11 is 0. The first-order chi connectivity index (χ1) is 13.5. The van der Waals surface area contributed by atoms with E-state index in [0.29, 0.717) is 18.5 Å². The minimum atomic E-state index is -0.699. The second-order valence-corrected chi connectivity index (χ2v) is 8.59. The van der Waals surface area contributed by atoms with Gasteiger partial charge >= 0.3 is 0 Å². The molecule has 0 aliphatic carbocycles. The van der Waals surface area contributed by atoms with E-state index in [-0.39, 0.29) is 5.91 Å². The van der Waals surface area contributed by atoms with E-state index in [4.69, 9.17) is 0 Å². The molecule has 1 aliphatic rings. The first kappa shape index (κ1) is 20.6. The summed E-state index contributed by atoms with van der Waals surface area (Å²) in [5.74, 6) is 0.704. The molecule has 3 heteroatoms. The molecule has 0 spiro atoms. The number of amides is 1. The summed E-state index contributed by atoms with van der Waals surface area (Å²) in [5, 5.41) is 3.32. The van der Waals surface area contributed by atoms with E-state index in [0.717, 1.165) is 30.6 Å². The third-order valence-electron chi connectivity index (χ3n) is 6.06. The number of nitrogens with zero attached hydrogens (tertiary/aromatic N) is 1. The Bertz CT molecular complexity index is 696. The van der Waals surface area contributed by atoms with Crippen molar-refractivity contribution in [2.45, 2.75) is 51.5 Å². The lowest BCUT2D eigenvalue weighted by Crippen LogP contribution is -2.49. The van der Waals surface area contributed by atoms with Crippen molar-refractivity contribution in [3.05, 3.63) is 71.8 Å². The van der Waals surface area contributed by atoms with Gasteiger partial charge in [0.25, 0.3) is 0 Å². The molecule has 2 aromatic carbocycles.